The summed E-state index contributed by atoms with van der Waals surface area (Å²) in [5.74, 6) is -0.272. The molecule has 1 aromatic carbocycles. The van der Waals surface area contributed by atoms with E-state index >= 15 is 0 Å². The molecule has 0 spiro atoms. The van der Waals surface area contributed by atoms with Gasteiger partial charge in [0.2, 0.25) is 0 Å². The number of nitrogens with zero attached hydrogens (tertiary/aromatic N) is 1. The Morgan fingerprint density at radius 1 is 1.30 bits per heavy atom. The standard InChI is InChI=1S/C15H15IN2O5/c1-4-23-12-10(16)6-8(7-11(12)22-3)5-9-13(19)17-15(21)18(2)14(9)20/h5-7H,4H2,1-3H3,(H,17,19,21). The van der Waals surface area contributed by atoms with Crippen LogP contribution in [0, 0.1) is 3.57 Å². The molecule has 1 saturated heterocycles. The molecule has 1 heterocycles. The van der Waals surface area contributed by atoms with E-state index in [4.69, 9.17) is 9.47 Å². The van der Waals surface area contributed by atoms with Gasteiger partial charge in [0.25, 0.3) is 11.8 Å². The van der Waals surface area contributed by atoms with Gasteiger partial charge in [-0.2, -0.15) is 0 Å². The molecule has 1 aliphatic heterocycles. The molecular formula is C15H15IN2O5. The molecule has 0 unspecified atom stereocenters. The van der Waals surface area contributed by atoms with Gasteiger partial charge in [-0.1, -0.05) is 0 Å². The molecule has 0 atom stereocenters. The van der Waals surface area contributed by atoms with Gasteiger partial charge in [-0.3, -0.25) is 19.8 Å². The zero-order chi connectivity index (χ0) is 17.1. The summed E-state index contributed by atoms with van der Waals surface area (Å²) in [6.45, 7) is 2.35. The highest BCUT2D eigenvalue weighted by Crippen LogP contribution is 2.34. The second-order valence-corrected chi connectivity index (χ2v) is 5.81. The van der Waals surface area contributed by atoms with Crippen molar-refractivity contribution in [1.29, 1.82) is 0 Å². The molecule has 1 fully saturated rings. The second kappa shape index (κ2) is 6.99. The Morgan fingerprint density at radius 3 is 2.61 bits per heavy atom. The van der Waals surface area contributed by atoms with Crippen molar-refractivity contribution in [3.8, 4) is 11.5 Å². The van der Waals surface area contributed by atoms with Crippen molar-refractivity contribution in [2.24, 2.45) is 0 Å². The molecule has 2 rings (SSSR count). The minimum atomic E-state index is -0.740. The van der Waals surface area contributed by atoms with Crippen molar-refractivity contribution in [2.45, 2.75) is 6.92 Å². The number of urea groups is 1. The monoisotopic (exact) mass is 430 g/mol. The topological polar surface area (TPSA) is 84.9 Å². The third-order valence-electron chi connectivity index (χ3n) is 3.16. The summed E-state index contributed by atoms with van der Waals surface area (Å²) in [7, 11) is 2.82. The number of imide groups is 2. The Labute approximate surface area is 146 Å². The number of likely N-dealkylation sites (N-methyl/N-ethyl adjacent to an activating group) is 1. The summed E-state index contributed by atoms with van der Waals surface area (Å²) in [5, 5.41) is 2.11. The Balaban J connectivity index is 2.46. The third-order valence-corrected chi connectivity index (χ3v) is 3.96. The first-order valence-electron chi connectivity index (χ1n) is 6.74. The molecular weight excluding hydrogens is 415 g/mol. The van der Waals surface area contributed by atoms with Crippen molar-refractivity contribution in [3.63, 3.8) is 0 Å². The SMILES string of the molecule is CCOc1c(I)cc(C=C2C(=O)NC(=O)N(C)C2=O)cc1OC. The van der Waals surface area contributed by atoms with E-state index in [1.165, 1.54) is 20.2 Å². The highest BCUT2D eigenvalue weighted by Gasteiger charge is 2.33. The van der Waals surface area contributed by atoms with Gasteiger partial charge in [0.05, 0.1) is 17.3 Å². The van der Waals surface area contributed by atoms with Gasteiger partial charge >= 0.3 is 6.03 Å². The van der Waals surface area contributed by atoms with E-state index in [-0.39, 0.29) is 5.57 Å². The first-order chi connectivity index (χ1) is 10.9. The summed E-state index contributed by atoms with van der Waals surface area (Å²) in [6.07, 6.45) is 1.42. The molecule has 0 aromatic heterocycles. The third kappa shape index (κ3) is 3.46. The minimum Gasteiger partial charge on any atom is -0.493 e. The molecule has 1 aromatic rings. The van der Waals surface area contributed by atoms with Crippen molar-refractivity contribution in [3.05, 3.63) is 26.8 Å². The molecule has 23 heavy (non-hydrogen) atoms. The van der Waals surface area contributed by atoms with Crippen molar-refractivity contribution in [2.75, 3.05) is 20.8 Å². The van der Waals surface area contributed by atoms with Gasteiger partial charge < -0.3 is 9.47 Å². The smallest absolute Gasteiger partial charge is 0.331 e. The number of hydrogen-bond acceptors (Lipinski definition) is 5. The van der Waals surface area contributed by atoms with E-state index in [1.807, 2.05) is 6.92 Å². The number of amides is 4. The Hall–Kier alpha value is -2.10. The predicted octanol–water partition coefficient (Wildman–Crippen LogP) is 1.79. The maximum Gasteiger partial charge on any atom is 0.331 e. The number of ether oxygens (including phenoxy) is 2. The van der Waals surface area contributed by atoms with Crippen LogP contribution in [0.5, 0.6) is 11.5 Å². The van der Waals surface area contributed by atoms with E-state index < -0.39 is 17.8 Å². The number of benzene rings is 1. The van der Waals surface area contributed by atoms with Crippen LogP contribution in [0.2, 0.25) is 0 Å². The number of carbonyl (C=O) groups excluding carboxylic acids is 3. The predicted molar refractivity (Wildman–Crippen MR) is 91.2 cm³/mol. The van der Waals surface area contributed by atoms with E-state index in [9.17, 15) is 14.4 Å². The summed E-state index contributed by atoms with van der Waals surface area (Å²) >= 11 is 2.09. The van der Waals surface area contributed by atoms with E-state index in [2.05, 4.69) is 27.9 Å². The normalized spacial score (nSPS) is 16.6. The van der Waals surface area contributed by atoms with Crippen molar-refractivity contribution in [1.82, 2.24) is 10.2 Å². The van der Waals surface area contributed by atoms with Crippen LogP contribution in [0.3, 0.4) is 0 Å². The van der Waals surface area contributed by atoms with Crippen LogP contribution in [0.15, 0.2) is 17.7 Å². The van der Waals surface area contributed by atoms with Gasteiger partial charge in [0.1, 0.15) is 5.57 Å². The molecule has 0 aliphatic carbocycles. The number of halogens is 1. The summed E-state index contributed by atoms with van der Waals surface area (Å²) < 4.78 is 11.6. The van der Waals surface area contributed by atoms with Crippen molar-refractivity contribution >= 4 is 46.5 Å². The Kier molecular flexibility index (Phi) is 5.24. The Bertz CT molecular complexity index is 714. The van der Waals surface area contributed by atoms with Crippen LogP contribution in [0.25, 0.3) is 6.08 Å². The van der Waals surface area contributed by atoms with Crippen LogP contribution in [0.4, 0.5) is 4.79 Å². The summed E-state index contributed by atoms with van der Waals surface area (Å²) in [6, 6.07) is 2.69. The lowest BCUT2D eigenvalue weighted by atomic mass is 10.1. The maximum absolute atomic E-state index is 12.1. The molecule has 0 bridgehead atoms. The van der Waals surface area contributed by atoms with E-state index in [0.29, 0.717) is 23.7 Å². The number of rotatable bonds is 4. The first-order valence-corrected chi connectivity index (χ1v) is 7.82. The second-order valence-electron chi connectivity index (χ2n) is 4.65. The van der Waals surface area contributed by atoms with Gasteiger partial charge in [0.15, 0.2) is 11.5 Å². The fourth-order valence-electron chi connectivity index (χ4n) is 2.02. The molecule has 7 nitrogen and oxygen atoms in total. The number of methoxy groups -OCH3 is 1. The zero-order valence-electron chi connectivity index (χ0n) is 12.8. The number of hydrogen-bond donors (Lipinski definition) is 1. The summed E-state index contributed by atoms with van der Waals surface area (Å²) in [4.78, 5) is 36.2. The van der Waals surface area contributed by atoms with E-state index in [0.717, 1.165) is 8.47 Å². The largest absolute Gasteiger partial charge is 0.493 e. The van der Waals surface area contributed by atoms with Crippen molar-refractivity contribution < 1.29 is 23.9 Å². The van der Waals surface area contributed by atoms with Crippen LogP contribution in [0.1, 0.15) is 12.5 Å². The highest BCUT2D eigenvalue weighted by atomic mass is 127. The van der Waals surface area contributed by atoms with Gasteiger partial charge in [-0.15, -0.1) is 0 Å². The average Bonchev–Trinajstić information content (AvgIpc) is 2.51. The quantitative estimate of drug-likeness (QED) is 0.448. The van der Waals surface area contributed by atoms with Gasteiger partial charge in [-0.05, 0) is 53.3 Å². The average molecular weight is 430 g/mol. The Morgan fingerprint density at radius 2 is 2.00 bits per heavy atom. The molecule has 8 heteroatoms. The number of nitrogens with one attached hydrogen (secondary N) is 1. The zero-order valence-corrected chi connectivity index (χ0v) is 15.0. The lowest BCUT2D eigenvalue weighted by Crippen LogP contribution is -2.52. The van der Waals surface area contributed by atoms with E-state index in [1.54, 1.807) is 12.1 Å². The molecule has 1 N–H and O–H groups in total. The highest BCUT2D eigenvalue weighted by molar-refractivity contribution is 14.1. The molecule has 1 aliphatic rings. The fraction of sp³-hybridized carbons (Fsp3) is 0.267. The lowest BCUT2D eigenvalue weighted by molar-refractivity contribution is -0.129. The maximum atomic E-state index is 12.1. The molecule has 0 saturated carbocycles. The molecule has 4 amide bonds. The van der Waals surface area contributed by atoms with Crippen LogP contribution in [-0.2, 0) is 9.59 Å². The number of carbonyl (C=O) groups is 3. The van der Waals surface area contributed by atoms with Gasteiger partial charge in [0, 0.05) is 7.05 Å². The number of barbiturate groups is 1. The van der Waals surface area contributed by atoms with Crippen LogP contribution < -0.4 is 14.8 Å². The first kappa shape index (κ1) is 17.3. The lowest BCUT2D eigenvalue weighted by Gasteiger charge is -2.22. The minimum absolute atomic E-state index is 0.117. The van der Waals surface area contributed by atoms with Crippen LogP contribution >= 0.6 is 22.6 Å². The molecule has 122 valence electrons. The van der Waals surface area contributed by atoms with Gasteiger partial charge in [-0.25, -0.2) is 4.79 Å². The summed E-state index contributed by atoms with van der Waals surface area (Å²) in [5.41, 5.74) is 0.477. The fourth-order valence-corrected chi connectivity index (χ4v) is 2.80. The molecule has 0 radical (unpaired) electrons. The van der Waals surface area contributed by atoms with Crippen LogP contribution in [-0.4, -0.2) is 43.5 Å².